The van der Waals surface area contributed by atoms with E-state index in [1.807, 2.05) is 6.92 Å². The summed E-state index contributed by atoms with van der Waals surface area (Å²) in [6.45, 7) is 6.66. The first kappa shape index (κ1) is 19.5. The van der Waals surface area contributed by atoms with Crippen LogP contribution < -0.4 is 10.1 Å². The van der Waals surface area contributed by atoms with Gasteiger partial charge in [0.1, 0.15) is 12.4 Å². The molecule has 0 amide bonds. The molecule has 2 aliphatic heterocycles. The van der Waals surface area contributed by atoms with Gasteiger partial charge in [0.25, 0.3) is 0 Å². The molecule has 2 atom stereocenters. The maximum Gasteiger partial charge on any atom is 0.243 e. The number of fused-ring (bicyclic) bond motifs is 1. The average molecular weight is 377 g/mol. The molecular formula is C16H25ClN2O4S. The molecule has 2 saturated heterocycles. The van der Waals surface area contributed by atoms with Crippen LogP contribution in [0, 0.1) is 11.8 Å². The standard InChI is InChI=1S/C16H24N2O4S.ClH/c1-2-21-7-8-22-15-3-5-16(6-4-15)23(19,20)18-11-13-9-17-10-14(13)12-18;/h3-6,13-14,17H,2,7-12H2,1H3;1H/t13-,14+;. The van der Waals surface area contributed by atoms with Crippen LogP contribution in [0.1, 0.15) is 6.92 Å². The number of rotatable bonds is 7. The van der Waals surface area contributed by atoms with Crippen molar-refractivity contribution in [3.63, 3.8) is 0 Å². The van der Waals surface area contributed by atoms with Crippen molar-refractivity contribution in [2.75, 3.05) is 46.0 Å². The van der Waals surface area contributed by atoms with Crippen molar-refractivity contribution in [2.45, 2.75) is 11.8 Å². The second kappa shape index (κ2) is 8.49. The van der Waals surface area contributed by atoms with E-state index in [1.54, 1.807) is 28.6 Å². The Hall–Kier alpha value is -0.860. The molecule has 1 N–H and O–H groups in total. The first-order chi connectivity index (χ1) is 11.1. The van der Waals surface area contributed by atoms with Crippen LogP contribution in [-0.2, 0) is 14.8 Å². The van der Waals surface area contributed by atoms with Crippen molar-refractivity contribution in [3.05, 3.63) is 24.3 Å². The van der Waals surface area contributed by atoms with E-state index in [2.05, 4.69) is 5.32 Å². The molecule has 1 aromatic rings. The van der Waals surface area contributed by atoms with Crippen molar-refractivity contribution in [2.24, 2.45) is 11.8 Å². The molecule has 0 radical (unpaired) electrons. The van der Waals surface area contributed by atoms with Crippen molar-refractivity contribution in [3.8, 4) is 5.75 Å². The highest BCUT2D eigenvalue weighted by molar-refractivity contribution is 7.89. The summed E-state index contributed by atoms with van der Waals surface area (Å²) >= 11 is 0. The first-order valence-electron chi connectivity index (χ1n) is 8.12. The number of halogens is 1. The number of nitrogens with zero attached hydrogens (tertiary/aromatic N) is 1. The van der Waals surface area contributed by atoms with Crippen LogP contribution in [0.4, 0.5) is 0 Å². The number of sulfonamides is 1. The second-order valence-corrected chi connectivity index (χ2v) is 7.96. The van der Waals surface area contributed by atoms with E-state index in [4.69, 9.17) is 9.47 Å². The molecule has 2 heterocycles. The van der Waals surface area contributed by atoms with E-state index in [0.29, 0.717) is 55.4 Å². The molecule has 8 heteroatoms. The summed E-state index contributed by atoms with van der Waals surface area (Å²) in [5.74, 6) is 1.56. The normalized spacial score (nSPS) is 23.7. The van der Waals surface area contributed by atoms with E-state index in [1.165, 1.54) is 0 Å². The minimum absolute atomic E-state index is 0. The van der Waals surface area contributed by atoms with E-state index in [9.17, 15) is 8.42 Å². The molecule has 0 unspecified atom stereocenters. The summed E-state index contributed by atoms with van der Waals surface area (Å²) in [6.07, 6.45) is 0. The lowest BCUT2D eigenvalue weighted by atomic mass is 10.0. The molecule has 0 bridgehead atoms. The molecule has 136 valence electrons. The zero-order chi connectivity index (χ0) is 16.3. The van der Waals surface area contributed by atoms with E-state index in [0.717, 1.165) is 13.1 Å². The smallest absolute Gasteiger partial charge is 0.243 e. The minimum Gasteiger partial charge on any atom is -0.491 e. The molecular weight excluding hydrogens is 352 g/mol. The van der Waals surface area contributed by atoms with Crippen molar-refractivity contribution in [1.29, 1.82) is 0 Å². The molecule has 6 nitrogen and oxygen atoms in total. The molecule has 0 aliphatic carbocycles. The summed E-state index contributed by atoms with van der Waals surface area (Å²) in [7, 11) is -3.40. The van der Waals surface area contributed by atoms with E-state index >= 15 is 0 Å². The number of benzene rings is 1. The van der Waals surface area contributed by atoms with Gasteiger partial charge in [-0.15, -0.1) is 12.4 Å². The van der Waals surface area contributed by atoms with E-state index < -0.39 is 10.0 Å². The van der Waals surface area contributed by atoms with Crippen LogP contribution in [0.15, 0.2) is 29.2 Å². The van der Waals surface area contributed by atoms with Gasteiger partial charge < -0.3 is 14.8 Å². The van der Waals surface area contributed by atoms with Gasteiger partial charge in [-0.25, -0.2) is 8.42 Å². The molecule has 2 fully saturated rings. The molecule has 0 aromatic heterocycles. The predicted molar refractivity (Wildman–Crippen MR) is 94.3 cm³/mol. The lowest BCUT2D eigenvalue weighted by Gasteiger charge is -2.17. The summed E-state index contributed by atoms with van der Waals surface area (Å²) < 4.78 is 37.8. The Bertz CT molecular complexity index is 611. The first-order valence-corrected chi connectivity index (χ1v) is 9.56. The van der Waals surface area contributed by atoms with Gasteiger partial charge >= 0.3 is 0 Å². The molecule has 1 aromatic carbocycles. The van der Waals surface area contributed by atoms with Gasteiger partial charge in [0, 0.05) is 19.7 Å². The molecule has 0 saturated carbocycles. The summed E-state index contributed by atoms with van der Waals surface area (Å²) in [4.78, 5) is 0.336. The molecule has 24 heavy (non-hydrogen) atoms. The number of hydrogen-bond donors (Lipinski definition) is 1. The van der Waals surface area contributed by atoms with E-state index in [-0.39, 0.29) is 12.4 Å². The zero-order valence-corrected chi connectivity index (χ0v) is 15.4. The summed E-state index contributed by atoms with van der Waals surface area (Å²) in [5.41, 5.74) is 0. The quantitative estimate of drug-likeness (QED) is 0.728. The second-order valence-electron chi connectivity index (χ2n) is 6.02. The van der Waals surface area contributed by atoms with Gasteiger partial charge in [-0.2, -0.15) is 4.31 Å². The zero-order valence-electron chi connectivity index (χ0n) is 13.8. The van der Waals surface area contributed by atoms with Crippen LogP contribution in [0.2, 0.25) is 0 Å². The minimum atomic E-state index is -3.40. The van der Waals surface area contributed by atoms with Gasteiger partial charge in [-0.05, 0) is 56.1 Å². The molecule has 2 aliphatic rings. The van der Waals surface area contributed by atoms with Gasteiger partial charge in [0.2, 0.25) is 10.0 Å². The fourth-order valence-electron chi connectivity index (χ4n) is 3.23. The number of hydrogen-bond acceptors (Lipinski definition) is 5. The Morgan fingerprint density at radius 2 is 1.75 bits per heavy atom. The van der Waals surface area contributed by atoms with Crippen LogP contribution >= 0.6 is 12.4 Å². The maximum absolute atomic E-state index is 12.7. The Morgan fingerprint density at radius 3 is 2.33 bits per heavy atom. The average Bonchev–Trinajstić information content (AvgIpc) is 3.14. The fourth-order valence-corrected chi connectivity index (χ4v) is 4.78. The Labute approximate surface area is 150 Å². The maximum atomic E-state index is 12.7. The number of ether oxygens (including phenoxy) is 2. The van der Waals surface area contributed by atoms with Crippen LogP contribution in [0.5, 0.6) is 5.75 Å². The highest BCUT2D eigenvalue weighted by atomic mass is 35.5. The topological polar surface area (TPSA) is 67.9 Å². The monoisotopic (exact) mass is 376 g/mol. The van der Waals surface area contributed by atoms with Gasteiger partial charge in [-0.1, -0.05) is 0 Å². The molecule has 3 rings (SSSR count). The predicted octanol–water partition coefficient (Wildman–Crippen LogP) is 1.36. The molecule has 0 spiro atoms. The van der Waals surface area contributed by atoms with Crippen molar-refractivity contribution < 1.29 is 17.9 Å². The van der Waals surface area contributed by atoms with Crippen LogP contribution in [-0.4, -0.2) is 58.7 Å². The fraction of sp³-hybridized carbons (Fsp3) is 0.625. The van der Waals surface area contributed by atoms with Crippen molar-refractivity contribution >= 4 is 22.4 Å². The van der Waals surface area contributed by atoms with Crippen LogP contribution in [0.3, 0.4) is 0 Å². The Balaban J connectivity index is 0.00000208. The van der Waals surface area contributed by atoms with Gasteiger partial charge in [0.05, 0.1) is 11.5 Å². The third kappa shape index (κ3) is 4.21. The lowest BCUT2D eigenvalue weighted by molar-refractivity contribution is 0.110. The van der Waals surface area contributed by atoms with Gasteiger partial charge in [-0.3, -0.25) is 0 Å². The van der Waals surface area contributed by atoms with Crippen LogP contribution in [0.25, 0.3) is 0 Å². The Morgan fingerprint density at radius 1 is 1.12 bits per heavy atom. The summed E-state index contributed by atoms with van der Waals surface area (Å²) in [5, 5.41) is 3.32. The largest absolute Gasteiger partial charge is 0.491 e. The third-order valence-corrected chi connectivity index (χ3v) is 6.36. The Kier molecular flexibility index (Phi) is 6.88. The lowest BCUT2D eigenvalue weighted by Crippen LogP contribution is -2.31. The van der Waals surface area contributed by atoms with Gasteiger partial charge in [0.15, 0.2) is 0 Å². The SMILES string of the molecule is CCOCCOc1ccc(S(=O)(=O)N2C[C@H]3CNC[C@H]3C2)cc1.Cl. The highest BCUT2D eigenvalue weighted by Crippen LogP contribution is 2.31. The van der Waals surface area contributed by atoms with Crippen molar-refractivity contribution in [1.82, 2.24) is 9.62 Å². The summed E-state index contributed by atoms with van der Waals surface area (Å²) in [6, 6.07) is 6.66. The highest BCUT2D eigenvalue weighted by Gasteiger charge is 2.41. The third-order valence-electron chi connectivity index (χ3n) is 4.52. The number of nitrogens with one attached hydrogen (secondary N) is 1.